The van der Waals surface area contributed by atoms with Gasteiger partial charge in [0.05, 0.1) is 0 Å². The van der Waals surface area contributed by atoms with Gasteiger partial charge in [0.15, 0.2) is 10.8 Å². The van der Waals surface area contributed by atoms with Gasteiger partial charge in [-0.05, 0) is 13.8 Å². The van der Waals surface area contributed by atoms with Gasteiger partial charge in [-0.15, -0.1) is 8.43 Å². The predicted molar refractivity (Wildman–Crippen MR) is 74.4 cm³/mol. The van der Waals surface area contributed by atoms with Crippen molar-refractivity contribution in [1.82, 2.24) is 8.43 Å². The van der Waals surface area contributed by atoms with E-state index < -0.39 is 72.5 Å². The van der Waals surface area contributed by atoms with Gasteiger partial charge in [0.2, 0.25) is 0 Å². The van der Waals surface area contributed by atoms with E-state index in [0.717, 1.165) is 0 Å². The van der Waals surface area contributed by atoms with E-state index in [0.29, 0.717) is 8.43 Å². The van der Waals surface area contributed by atoms with Crippen molar-refractivity contribution >= 4 is 48.6 Å². The highest BCUT2D eigenvalue weighted by Crippen LogP contribution is 2.40. The Morgan fingerprint density at radius 2 is 1.04 bits per heavy atom. The third-order valence-corrected chi connectivity index (χ3v) is 6.43. The molecule has 0 unspecified atom stereocenters. The topological polar surface area (TPSA) is 146 Å². The summed E-state index contributed by atoms with van der Waals surface area (Å²) in [6.07, 6.45) is 0. The Bertz CT molecular complexity index is 745. The van der Waals surface area contributed by atoms with E-state index in [-0.39, 0.29) is 0 Å². The van der Waals surface area contributed by atoms with Gasteiger partial charge in [-0.25, -0.2) is 0 Å². The van der Waals surface area contributed by atoms with Crippen LogP contribution < -0.4 is 0 Å². The van der Waals surface area contributed by atoms with Gasteiger partial charge in [-0.3, -0.25) is 19.2 Å². The molecule has 15 heteroatoms. The van der Waals surface area contributed by atoms with Crippen molar-refractivity contribution in [2.24, 2.45) is 10.8 Å². The van der Waals surface area contributed by atoms with Crippen LogP contribution in [0.3, 0.4) is 0 Å². The van der Waals surface area contributed by atoms with Gasteiger partial charge < -0.3 is 18.6 Å². The first-order valence-electron chi connectivity index (χ1n) is 7.13. The van der Waals surface area contributed by atoms with Gasteiger partial charge in [0, 0.05) is 13.1 Å². The normalized spacial score (nSPS) is 27.8. The van der Waals surface area contributed by atoms with Crippen LogP contribution in [-0.2, 0) is 48.0 Å². The second-order valence-corrected chi connectivity index (χ2v) is 8.33. The molecule has 0 amide bonds. The third-order valence-electron chi connectivity index (χ3n) is 4.64. The lowest BCUT2D eigenvalue weighted by atomic mass is 9.81. The molecule has 0 aromatic rings. The van der Waals surface area contributed by atoms with Crippen LogP contribution in [0.4, 0.5) is 0 Å². The van der Waals surface area contributed by atoms with E-state index in [9.17, 15) is 27.6 Å². The number of nitrogens with zero attached hydrogens (tertiary/aromatic N) is 2. The minimum Gasteiger partial charge on any atom is -0.483 e. The summed E-state index contributed by atoms with van der Waals surface area (Å²) < 4.78 is 46.4. The minimum absolute atomic E-state index is 0.514. The second kappa shape index (κ2) is 4.53. The fraction of sp³-hybridized carbons (Fsp3) is 0.600. The van der Waals surface area contributed by atoms with Gasteiger partial charge >= 0.3 is 38.4 Å². The van der Waals surface area contributed by atoms with Crippen LogP contribution in [0.15, 0.2) is 0 Å². The SMILES string of the molecule is CC12CN(S(=O)(=O)N3CC4(C)C(=O)OB3OC4=O)B(OC1=O)OC2=O. The Morgan fingerprint density at radius 3 is 1.32 bits per heavy atom. The fourth-order valence-corrected chi connectivity index (χ4v) is 4.60. The molecule has 0 aliphatic carbocycles. The molecule has 6 saturated heterocycles. The minimum atomic E-state index is -4.46. The predicted octanol–water partition coefficient (Wildman–Crippen LogP) is -2.96. The largest absolute Gasteiger partial charge is 0.720 e. The molecule has 0 aromatic carbocycles. The molecule has 0 spiro atoms. The number of hydrogen-bond acceptors (Lipinski definition) is 10. The molecule has 25 heavy (non-hydrogen) atoms. The average molecular weight is 372 g/mol. The molecule has 0 N–H and O–H groups in total. The summed E-state index contributed by atoms with van der Waals surface area (Å²) in [4.78, 5) is 47.2. The Morgan fingerprint density at radius 1 is 0.760 bits per heavy atom. The van der Waals surface area contributed by atoms with E-state index in [4.69, 9.17) is 18.6 Å². The zero-order valence-corrected chi connectivity index (χ0v) is 13.8. The summed E-state index contributed by atoms with van der Waals surface area (Å²) in [6.45, 7) is 1.36. The summed E-state index contributed by atoms with van der Waals surface area (Å²) >= 11 is 0. The first-order valence-corrected chi connectivity index (χ1v) is 8.53. The highest BCUT2D eigenvalue weighted by Gasteiger charge is 2.70. The van der Waals surface area contributed by atoms with Crippen molar-refractivity contribution < 1.29 is 46.2 Å². The summed E-state index contributed by atoms with van der Waals surface area (Å²) in [6, 6.07) is 0. The van der Waals surface area contributed by atoms with Gasteiger partial charge in [0.25, 0.3) is 10.2 Å². The quantitative estimate of drug-likeness (QED) is 0.364. The van der Waals surface area contributed by atoms with Crippen molar-refractivity contribution in [3.63, 3.8) is 0 Å². The lowest BCUT2D eigenvalue weighted by molar-refractivity contribution is -0.176. The lowest BCUT2D eigenvalue weighted by Gasteiger charge is -2.48. The highest BCUT2D eigenvalue weighted by molar-refractivity contribution is 7.89. The maximum atomic E-state index is 12.9. The second-order valence-electron chi connectivity index (χ2n) is 6.50. The molecular formula is C10H10B2N2O10S. The molecule has 0 aromatic heterocycles. The first kappa shape index (κ1) is 16.4. The third kappa shape index (κ3) is 1.88. The standard InChI is InChI=1S/C10H10B2N2O10S/c1-9-3-13(11(21-5(9)15)22-6(9)16)25(19,20)14-4-10(2)7(17)23-12(14)24-8(10)18/h3-4H2,1-2H3. The molecule has 0 atom stereocenters. The van der Waals surface area contributed by atoms with Crippen LogP contribution in [0.25, 0.3) is 0 Å². The fourth-order valence-electron chi connectivity index (χ4n) is 2.88. The van der Waals surface area contributed by atoms with Crippen LogP contribution in [0.1, 0.15) is 13.8 Å². The van der Waals surface area contributed by atoms with Crippen molar-refractivity contribution in [1.29, 1.82) is 0 Å². The maximum absolute atomic E-state index is 12.9. The molecule has 6 rings (SSSR count). The Hall–Kier alpha value is -2.12. The van der Waals surface area contributed by atoms with Crippen molar-refractivity contribution in [2.45, 2.75) is 13.8 Å². The Balaban J connectivity index is 1.68. The molecule has 6 heterocycles. The van der Waals surface area contributed by atoms with Crippen molar-refractivity contribution in [3.8, 4) is 0 Å². The first-order chi connectivity index (χ1) is 11.5. The van der Waals surface area contributed by atoms with E-state index >= 15 is 0 Å². The molecule has 4 bridgehead atoms. The molecular weight excluding hydrogens is 362 g/mol. The van der Waals surface area contributed by atoms with Crippen molar-refractivity contribution in [2.75, 3.05) is 13.1 Å². The van der Waals surface area contributed by atoms with E-state index in [1.54, 1.807) is 0 Å². The van der Waals surface area contributed by atoms with Crippen LogP contribution in [0.2, 0.25) is 0 Å². The van der Waals surface area contributed by atoms with Crippen LogP contribution in [0, 0.1) is 10.8 Å². The number of hydrogen-bond donors (Lipinski definition) is 0. The zero-order valence-electron chi connectivity index (χ0n) is 13.0. The van der Waals surface area contributed by atoms with E-state index in [1.807, 2.05) is 0 Å². The molecule has 12 nitrogen and oxygen atoms in total. The van der Waals surface area contributed by atoms with Gasteiger partial charge in [-0.2, -0.15) is 8.42 Å². The summed E-state index contributed by atoms with van der Waals surface area (Å²) in [5, 5.41) is 0. The molecule has 6 aliphatic heterocycles. The number of carbonyl (C=O) groups is 4. The van der Waals surface area contributed by atoms with Gasteiger partial charge in [0.1, 0.15) is 0 Å². The van der Waals surface area contributed by atoms with Crippen LogP contribution >= 0.6 is 0 Å². The lowest BCUT2D eigenvalue weighted by Crippen LogP contribution is -2.75. The van der Waals surface area contributed by atoms with Crippen LogP contribution in [-0.4, -0.2) is 68.3 Å². The van der Waals surface area contributed by atoms with E-state index in [2.05, 4.69) is 0 Å². The summed E-state index contributed by atoms with van der Waals surface area (Å²) in [7, 11) is -8.00. The molecule has 6 aliphatic rings. The summed E-state index contributed by atoms with van der Waals surface area (Å²) in [5.41, 5.74) is -3.62. The number of carbonyl (C=O) groups excluding carboxylic acids is 4. The summed E-state index contributed by atoms with van der Waals surface area (Å²) in [5.74, 6) is -3.59. The maximum Gasteiger partial charge on any atom is 0.720 e. The smallest absolute Gasteiger partial charge is 0.483 e. The number of fused-ring (bicyclic) bond motifs is 6. The van der Waals surface area contributed by atoms with E-state index in [1.165, 1.54) is 13.8 Å². The molecule has 6 fully saturated rings. The molecule has 0 radical (unpaired) electrons. The molecule has 132 valence electrons. The van der Waals surface area contributed by atoms with Crippen LogP contribution in [0.5, 0.6) is 0 Å². The Kier molecular flexibility index (Phi) is 2.96. The zero-order chi connectivity index (χ0) is 18.4. The number of rotatable bonds is 2. The Labute approximate surface area is 141 Å². The van der Waals surface area contributed by atoms with Gasteiger partial charge in [-0.1, -0.05) is 0 Å². The highest BCUT2D eigenvalue weighted by atomic mass is 32.2. The molecule has 0 saturated carbocycles. The average Bonchev–Trinajstić information content (AvgIpc) is 2.51. The van der Waals surface area contributed by atoms with Crippen molar-refractivity contribution in [3.05, 3.63) is 0 Å². The monoisotopic (exact) mass is 372 g/mol.